The summed E-state index contributed by atoms with van der Waals surface area (Å²) in [4.78, 5) is 8.87. The molecule has 1 aromatic heterocycles. The molecule has 1 aromatic carbocycles. The molecule has 2 aromatic rings. The van der Waals surface area contributed by atoms with Crippen LogP contribution in [0.25, 0.3) is 0 Å². The standard InChI is InChI=1S/C17H23FN4/c1-4-12(2)20-17-21-13(3)11-16(22-17)19-10-9-14-5-7-15(18)8-6-14/h5-8,11-12H,4,9-10H2,1-3H3,(H2,19,20,21,22). The summed E-state index contributed by atoms with van der Waals surface area (Å²) in [6.45, 7) is 6.92. The Morgan fingerprint density at radius 1 is 1.18 bits per heavy atom. The SMILES string of the molecule is CCC(C)Nc1nc(C)cc(NCCc2ccc(F)cc2)n1. The number of nitrogens with zero attached hydrogens (tertiary/aromatic N) is 2. The number of aryl methyl sites for hydroxylation is 1. The molecule has 0 aliphatic rings. The van der Waals surface area contributed by atoms with Crippen LogP contribution in [-0.4, -0.2) is 22.6 Å². The molecule has 22 heavy (non-hydrogen) atoms. The van der Waals surface area contributed by atoms with E-state index in [0.717, 1.165) is 36.5 Å². The molecule has 5 heteroatoms. The average Bonchev–Trinajstić information content (AvgIpc) is 2.48. The number of aromatic nitrogens is 2. The minimum Gasteiger partial charge on any atom is -0.370 e. The third kappa shape index (κ3) is 4.98. The lowest BCUT2D eigenvalue weighted by atomic mass is 10.1. The Bertz CT molecular complexity index is 598. The van der Waals surface area contributed by atoms with E-state index in [4.69, 9.17) is 0 Å². The highest BCUT2D eigenvalue weighted by molar-refractivity contribution is 5.42. The van der Waals surface area contributed by atoms with Gasteiger partial charge in [0.15, 0.2) is 0 Å². The Labute approximate surface area is 131 Å². The van der Waals surface area contributed by atoms with Gasteiger partial charge in [-0.25, -0.2) is 9.37 Å². The van der Waals surface area contributed by atoms with Crippen molar-refractivity contribution in [2.75, 3.05) is 17.2 Å². The van der Waals surface area contributed by atoms with Gasteiger partial charge in [0, 0.05) is 24.3 Å². The summed E-state index contributed by atoms with van der Waals surface area (Å²) in [6.07, 6.45) is 1.84. The first-order valence-electron chi connectivity index (χ1n) is 7.67. The minimum atomic E-state index is -0.205. The molecular weight excluding hydrogens is 279 g/mol. The van der Waals surface area contributed by atoms with Gasteiger partial charge in [0.25, 0.3) is 0 Å². The second-order valence-electron chi connectivity index (χ2n) is 5.48. The smallest absolute Gasteiger partial charge is 0.225 e. The van der Waals surface area contributed by atoms with E-state index in [1.165, 1.54) is 12.1 Å². The zero-order valence-electron chi connectivity index (χ0n) is 13.4. The molecule has 0 fully saturated rings. The Hall–Kier alpha value is -2.17. The fraction of sp³-hybridized carbons (Fsp3) is 0.412. The van der Waals surface area contributed by atoms with Crippen molar-refractivity contribution in [1.82, 2.24) is 9.97 Å². The number of hydrogen-bond acceptors (Lipinski definition) is 4. The first-order valence-corrected chi connectivity index (χ1v) is 7.67. The molecule has 0 amide bonds. The van der Waals surface area contributed by atoms with E-state index in [1.54, 1.807) is 12.1 Å². The number of benzene rings is 1. The van der Waals surface area contributed by atoms with E-state index in [9.17, 15) is 4.39 Å². The molecule has 0 radical (unpaired) electrons. The van der Waals surface area contributed by atoms with Crippen molar-refractivity contribution in [1.29, 1.82) is 0 Å². The largest absolute Gasteiger partial charge is 0.370 e. The molecule has 1 atom stereocenters. The number of anilines is 2. The van der Waals surface area contributed by atoms with Crippen LogP contribution in [0.3, 0.4) is 0 Å². The van der Waals surface area contributed by atoms with Gasteiger partial charge in [0.05, 0.1) is 0 Å². The Morgan fingerprint density at radius 3 is 2.59 bits per heavy atom. The topological polar surface area (TPSA) is 49.8 Å². The second-order valence-corrected chi connectivity index (χ2v) is 5.48. The highest BCUT2D eigenvalue weighted by atomic mass is 19.1. The molecule has 118 valence electrons. The van der Waals surface area contributed by atoms with Gasteiger partial charge in [-0.15, -0.1) is 0 Å². The first kappa shape index (κ1) is 16.2. The molecule has 0 spiro atoms. The Kier molecular flexibility index (Phi) is 5.69. The van der Waals surface area contributed by atoms with Crippen molar-refractivity contribution in [3.05, 3.63) is 47.4 Å². The Balaban J connectivity index is 1.93. The van der Waals surface area contributed by atoms with Crippen LogP contribution in [-0.2, 0) is 6.42 Å². The normalized spacial score (nSPS) is 12.0. The average molecular weight is 302 g/mol. The quantitative estimate of drug-likeness (QED) is 0.817. The van der Waals surface area contributed by atoms with Crippen LogP contribution in [0.15, 0.2) is 30.3 Å². The molecular formula is C17H23FN4. The number of nitrogens with one attached hydrogen (secondary N) is 2. The van der Waals surface area contributed by atoms with Gasteiger partial charge in [0.2, 0.25) is 5.95 Å². The second kappa shape index (κ2) is 7.73. The predicted molar refractivity (Wildman–Crippen MR) is 88.7 cm³/mol. The first-order chi connectivity index (χ1) is 10.6. The molecule has 0 aliphatic heterocycles. The van der Waals surface area contributed by atoms with Gasteiger partial charge < -0.3 is 10.6 Å². The Morgan fingerprint density at radius 2 is 1.91 bits per heavy atom. The lowest BCUT2D eigenvalue weighted by Crippen LogP contribution is -2.17. The van der Waals surface area contributed by atoms with Gasteiger partial charge >= 0.3 is 0 Å². The molecule has 0 saturated carbocycles. The summed E-state index contributed by atoms with van der Waals surface area (Å²) in [5.41, 5.74) is 2.02. The van der Waals surface area contributed by atoms with Crippen molar-refractivity contribution in [3.8, 4) is 0 Å². The summed E-state index contributed by atoms with van der Waals surface area (Å²) in [5, 5.41) is 6.58. The third-order valence-corrected chi connectivity index (χ3v) is 3.48. The van der Waals surface area contributed by atoms with Gasteiger partial charge in [-0.2, -0.15) is 4.98 Å². The van der Waals surface area contributed by atoms with Gasteiger partial charge in [-0.05, 0) is 44.4 Å². The highest BCUT2D eigenvalue weighted by Gasteiger charge is 2.05. The lowest BCUT2D eigenvalue weighted by molar-refractivity contribution is 0.627. The summed E-state index contributed by atoms with van der Waals surface area (Å²) >= 11 is 0. The maximum atomic E-state index is 12.9. The van der Waals surface area contributed by atoms with E-state index >= 15 is 0 Å². The molecule has 2 rings (SSSR count). The number of halogens is 1. The molecule has 0 bridgehead atoms. The van der Waals surface area contributed by atoms with E-state index < -0.39 is 0 Å². The maximum absolute atomic E-state index is 12.9. The van der Waals surface area contributed by atoms with Gasteiger partial charge in [-0.3, -0.25) is 0 Å². The number of hydrogen-bond donors (Lipinski definition) is 2. The lowest BCUT2D eigenvalue weighted by Gasteiger charge is -2.13. The predicted octanol–water partition coefficient (Wildman–Crippen LogP) is 3.79. The summed E-state index contributed by atoms with van der Waals surface area (Å²) in [5.74, 6) is 1.25. The van der Waals surface area contributed by atoms with Crippen molar-refractivity contribution < 1.29 is 4.39 Å². The molecule has 2 N–H and O–H groups in total. The maximum Gasteiger partial charge on any atom is 0.225 e. The van der Waals surface area contributed by atoms with Gasteiger partial charge in [0.1, 0.15) is 11.6 Å². The van der Waals surface area contributed by atoms with Crippen molar-refractivity contribution in [2.45, 2.75) is 39.7 Å². The van der Waals surface area contributed by atoms with Crippen LogP contribution in [0, 0.1) is 12.7 Å². The minimum absolute atomic E-state index is 0.205. The van der Waals surface area contributed by atoms with E-state index in [-0.39, 0.29) is 5.82 Å². The van der Waals surface area contributed by atoms with Crippen LogP contribution in [0.4, 0.5) is 16.2 Å². The van der Waals surface area contributed by atoms with Crippen molar-refractivity contribution in [3.63, 3.8) is 0 Å². The third-order valence-electron chi connectivity index (χ3n) is 3.48. The molecule has 1 unspecified atom stereocenters. The number of rotatable bonds is 7. The molecule has 0 saturated heterocycles. The van der Waals surface area contributed by atoms with Crippen LogP contribution in [0.5, 0.6) is 0 Å². The van der Waals surface area contributed by atoms with E-state index in [0.29, 0.717) is 12.0 Å². The monoisotopic (exact) mass is 302 g/mol. The molecule has 4 nitrogen and oxygen atoms in total. The zero-order valence-corrected chi connectivity index (χ0v) is 13.4. The van der Waals surface area contributed by atoms with Crippen LogP contribution in [0.1, 0.15) is 31.5 Å². The molecule has 0 aliphatic carbocycles. The summed E-state index contributed by atoms with van der Waals surface area (Å²) in [7, 11) is 0. The zero-order chi connectivity index (χ0) is 15.9. The molecule has 1 heterocycles. The summed E-state index contributed by atoms with van der Waals surface area (Å²) in [6, 6.07) is 8.84. The van der Waals surface area contributed by atoms with Crippen molar-refractivity contribution >= 4 is 11.8 Å². The fourth-order valence-electron chi connectivity index (χ4n) is 2.03. The van der Waals surface area contributed by atoms with Crippen LogP contribution < -0.4 is 10.6 Å². The highest BCUT2D eigenvalue weighted by Crippen LogP contribution is 2.11. The van der Waals surface area contributed by atoms with E-state index in [2.05, 4.69) is 34.4 Å². The van der Waals surface area contributed by atoms with Crippen LogP contribution >= 0.6 is 0 Å². The van der Waals surface area contributed by atoms with E-state index in [1.807, 2.05) is 13.0 Å². The van der Waals surface area contributed by atoms with Crippen LogP contribution in [0.2, 0.25) is 0 Å². The van der Waals surface area contributed by atoms with Gasteiger partial charge in [-0.1, -0.05) is 19.1 Å². The summed E-state index contributed by atoms with van der Waals surface area (Å²) < 4.78 is 12.9. The van der Waals surface area contributed by atoms with Crippen molar-refractivity contribution in [2.24, 2.45) is 0 Å². The fourth-order valence-corrected chi connectivity index (χ4v) is 2.03.